The van der Waals surface area contributed by atoms with Gasteiger partial charge < -0.3 is 5.11 Å². The number of aliphatic carboxylic acids is 1. The number of aryl methyl sites for hydroxylation is 1. The van der Waals surface area contributed by atoms with Gasteiger partial charge in [-0.1, -0.05) is 66.7 Å². The van der Waals surface area contributed by atoms with E-state index in [1.165, 1.54) is 28.0 Å². The van der Waals surface area contributed by atoms with E-state index in [9.17, 15) is 9.90 Å². The summed E-state index contributed by atoms with van der Waals surface area (Å²) in [7, 11) is 0. The SMILES string of the molecule is O=C(O)/C=C1/c2ccccc2CCC1c1ccc2ccccc2c1. The molecule has 24 heavy (non-hydrogen) atoms. The summed E-state index contributed by atoms with van der Waals surface area (Å²) in [6, 6.07) is 22.9. The zero-order valence-corrected chi connectivity index (χ0v) is 13.3. The average Bonchev–Trinajstić information content (AvgIpc) is 2.61. The first-order valence-corrected chi connectivity index (χ1v) is 8.24. The van der Waals surface area contributed by atoms with Gasteiger partial charge in [0.05, 0.1) is 0 Å². The summed E-state index contributed by atoms with van der Waals surface area (Å²) in [6.45, 7) is 0. The molecule has 0 radical (unpaired) electrons. The Bertz CT molecular complexity index is 953. The Balaban J connectivity index is 1.85. The van der Waals surface area contributed by atoms with Gasteiger partial charge in [0.1, 0.15) is 0 Å². The second-order valence-corrected chi connectivity index (χ2v) is 6.29. The number of carbonyl (C=O) groups is 1. The molecule has 2 nitrogen and oxygen atoms in total. The fourth-order valence-electron chi connectivity index (χ4n) is 3.75. The molecule has 3 aromatic carbocycles. The number of carboxylic acid groups (broad SMARTS) is 1. The number of fused-ring (bicyclic) bond motifs is 2. The predicted molar refractivity (Wildman–Crippen MR) is 97.1 cm³/mol. The van der Waals surface area contributed by atoms with Crippen LogP contribution in [-0.4, -0.2) is 11.1 Å². The largest absolute Gasteiger partial charge is 0.478 e. The van der Waals surface area contributed by atoms with Crippen molar-refractivity contribution in [3.05, 3.63) is 89.5 Å². The van der Waals surface area contributed by atoms with E-state index in [0.29, 0.717) is 0 Å². The zero-order valence-electron chi connectivity index (χ0n) is 13.3. The summed E-state index contributed by atoms with van der Waals surface area (Å²) >= 11 is 0. The fourth-order valence-corrected chi connectivity index (χ4v) is 3.75. The van der Waals surface area contributed by atoms with Crippen molar-refractivity contribution in [3.8, 4) is 0 Å². The molecule has 0 aliphatic heterocycles. The Morgan fingerprint density at radius 2 is 1.71 bits per heavy atom. The standard InChI is InChI=1S/C22H18O2/c23-22(24)14-21-19-8-4-3-6-16(19)11-12-20(21)18-10-9-15-5-1-2-7-17(15)13-18/h1-10,13-14,20H,11-12H2,(H,23,24)/b21-14-. The monoisotopic (exact) mass is 314 g/mol. The summed E-state index contributed by atoms with van der Waals surface area (Å²) in [6.07, 6.45) is 3.30. The molecule has 0 fully saturated rings. The molecule has 0 heterocycles. The highest BCUT2D eigenvalue weighted by Gasteiger charge is 2.25. The Labute approximate surface area is 141 Å². The van der Waals surface area contributed by atoms with Crippen molar-refractivity contribution in [3.63, 3.8) is 0 Å². The van der Waals surface area contributed by atoms with Crippen LogP contribution in [0, 0.1) is 0 Å². The smallest absolute Gasteiger partial charge is 0.328 e. The average molecular weight is 314 g/mol. The summed E-state index contributed by atoms with van der Waals surface area (Å²) in [5.74, 6) is -0.756. The number of benzene rings is 3. The molecule has 0 saturated carbocycles. The van der Waals surface area contributed by atoms with Crippen LogP contribution in [0.4, 0.5) is 0 Å². The maximum atomic E-state index is 11.4. The van der Waals surface area contributed by atoms with Gasteiger partial charge in [-0.15, -0.1) is 0 Å². The lowest BCUT2D eigenvalue weighted by Crippen LogP contribution is -2.13. The molecular weight excluding hydrogens is 296 g/mol. The molecule has 0 bridgehead atoms. The van der Waals surface area contributed by atoms with Crippen LogP contribution < -0.4 is 0 Å². The maximum Gasteiger partial charge on any atom is 0.328 e. The van der Waals surface area contributed by atoms with Crippen LogP contribution in [-0.2, 0) is 11.2 Å². The molecule has 1 aliphatic rings. The number of carboxylic acids is 1. The molecule has 3 aromatic rings. The molecule has 0 amide bonds. The minimum absolute atomic E-state index is 0.126. The van der Waals surface area contributed by atoms with Gasteiger partial charge in [-0.2, -0.15) is 0 Å². The van der Waals surface area contributed by atoms with Crippen LogP contribution in [0.1, 0.15) is 29.0 Å². The highest BCUT2D eigenvalue weighted by molar-refractivity contribution is 5.93. The molecule has 1 atom stereocenters. The molecule has 1 aliphatic carbocycles. The molecule has 0 spiro atoms. The van der Waals surface area contributed by atoms with Crippen LogP contribution in [0.25, 0.3) is 16.3 Å². The Morgan fingerprint density at radius 1 is 0.958 bits per heavy atom. The molecule has 0 aromatic heterocycles. The van der Waals surface area contributed by atoms with Gasteiger partial charge in [0.25, 0.3) is 0 Å². The highest BCUT2D eigenvalue weighted by atomic mass is 16.4. The van der Waals surface area contributed by atoms with Crippen molar-refractivity contribution in [2.24, 2.45) is 0 Å². The third-order valence-corrected chi connectivity index (χ3v) is 4.86. The van der Waals surface area contributed by atoms with Crippen LogP contribution in [0.5, 0.6) is 0 Å². The predicted octanol–water partition coefficient (Wildman–Crippen LogP) is 5.04. The van der Waals surface area contributed by atoms with Crippen LogP contribution in [0.15, 0.2) is 72.8 Å². The van der Waals surface area contributed by atoms with Gasteiger partial charge in [0.2, 0.25) is 0 Å². The number of hydrogen-bond donors (Lipinski definition) is 1. The van der Waals surface area contributed by atoms with Crippen molar-refractivity contribution in [1.29, 1.82) is 0 Å². The van der Waals surface area contributed by atoms with Crippen molar-refractivity contribution >= 4 is 22.3 Å². The van der Waals surface area contributed by atoms with Gasteiger partial charge in [-0.3, -0.25) is 0 Å². The van der Waals surface area contributed by atoms with Crippen molar-refractivity contribution < 1.29 is 9.90 Å². The number of hydrogen-bond acceptors (Lipinski definition) is 1. The molecule has 1 N–H and O–H groups in total. The van der Waals surface area contributed by atoms with Crippen LogP contribution >= 0.6 is 0 Å². The van der Waals surface area contributed by atoms with E-state index in [4.69, 9.17) is 0 Å². The van der Waals surface area contributed by atoms with E-state index in [2.05, 4.69) is 36.4 Å². The van der Waals surface area contributed by atoms with E-state index in [0.717, 1.165) is 24.0 Å². The van der Waals surface area contributed by atoms with Gasteiger partial charge in [-0.25, -0.2) is 4.79 Å². The van der Waals surface area contributed by atoms with Crippen LogP contribution in [0.2, 0.25) is 0 Å². The second-order valence-electron chi connectivity index (χ2n) is 6.29. The van der Waals surface area contributed by atoms with Gasteiger partial charge >= 0.3 is 5.97 Å². The summed E-state index contributed by atoms with van der Waals surface area (Å²) in [4.78, 5) is 11.4. The van der Waals surface area contributed by atoms with E-state index in [1.807, 2.05) is 30.3 Å². The zero-order chi connectivity index (χ0) is 16.5. The Morgan fingerprint density at radius 3 is 2.54 bits per heavy atom. The minimum Gasteiger partial charge on any atom is -0.478 e. The van der Waals surface area contributed by atoms with E-state index in [1.54, 1.807) is 0 Å². The quantitative estimate of drug-likeness (QED) is 0.673. The van der Waals surface area contributed by atoms with E-state index < -0.39 is 5.97 Å². The first-order valence-electron chi connectivity index (χ1n) is 8.24. The Hall–Kier alpha value is -2.87. The van der Waals surface area contributed by atoms with Gasteiger partial charge in [0.15, 0.2) is 0 Å². The molecule has 0 saturated heterocycles. The summed E-state index contributed by atoms with van der Waals surface area (Å²) in [5, 5.41) is 11.8. The summed E-state index contributed by atoms with van der Waals surface area (Å²) < 4.78 is 0. The van der Waals surface area contributed by atoms with Gasteiger partial charge in [0, 0.05) is 12.0 Å². The molecule has 4 rings (SSSR count). The second kappa shape index (κ2) is 5.97. The lowest BCUT2D eigenvalue weighted by molar-refractivity contribution is -0.131. The molecular formula is C22H18O2. The topological polar surface area (TPSA) is 37.3 Å². The fraction of sp³-hybridized carbons (Fsp3) is 0.136. The maximum absolute atomic E-state index is 11.4. The number of rotatable bonds is 2. The first kappa shape index (κ1) is 14.7. The Kier molecular flexibility index (Phi) is 3.66. The van der Waals surface area contributed by atoms with Crippen molar-refractivity contribution in [2.45, 2.75) is 18.8 Å². The van der Waals surface area contributed by atoms with E-state index >= 15 is 0 Å². The molecule has 2 heteroatoms. The van der Waals surface area contributed by atoms with E-state index in [-0.39, 0.29) is 5.92 Å². The normalized spacial score (nSPS) is 18.5. The third-order valence-electron chi connectivity index (χ3n) is 4.86. The molecule has 1 unspecified atom stereocenters. The van der Waals surface area contributed by atoms with Crippen molar-refractivity contribution in [1.82, 2.24) is 0 Å². The minimum atomic E-state index is -0.882. The van der Waals surface area contributed by atoms with Gasteiger partial charge in [-0.05, 0) is 45.9 Å². The lowest BCUT2D eigenvalue weighted by atomic mass is 9.75. The highest BCUT2D eigenvalue weighted by Crippen LogP contribution is 2.42. The van der Waals surface area contributed by atoms with Crippen molar-refractivity contribution in [2.75, 3.05) is 0 Å². The number of allylic oxidation sites excluding steroid dienone is 1. The third kappa shape index (κ3) is 2.61. The molecule has 118 valence electrons. The van der Waals surface area contributed by atoms with Crippen LogP contribution in [0.3, 0.4) is 0 Å². The summed E-state index contributed by atoms with van der Waals surface area (Å²) in [5.41, 5.74) is 4.42. The lowest BCUT2D eigenvalue weighted by Gasteiger charge is -2.28. The first-order chi connectivity index (χ1) is 11.7.